The number of carbonyl (C=O) groups excluding carboxylic acids is 1. The molecular formula is C25H22N4O. The summed E-state index contributed by atoms with van der Waals surface area (Å²) in [7, 11) is 0. The van der Waals surface area contributed by atoms with Gasteiger partial charge in [0.15, 0.2) is 0 Å². The third kappa shape index (κ3) is 4.89. The zero-order chi connectivity index (χ0) is 20.8. The minimum atomic E-state index is -0.118. The van der Waals surface area contributed by atoms with Crippen molar-refractivity contribution in [3.05, 3.63) is 108 Å². The molecule has 0 atom stereocenters. The van der Waals surface area contributed by atoms with E-state index >= 15 is 0 Å². The van der Waals surface area contributed by atoms with Gasteiger partial charge < -0.3 is 10.6 Å². The molecule has 5 heteroatoms. The standard InChI is InChI=1S/C25H22N4O/c1-18-7-5-8-19(13-18)16-26-25(30)21-11-6-12-22(14-21)29-24-15-23(27-17-28-24)20-9-3-2-4-10-20/h2-15,17H,16H2,1H3,(H,26,30)(H,27,28,29). The number of aromatic nitrogens is 2. The van der Waals surface area contributed by atoms with Crippen LogP contribution in [0.25, 0.3) is 11.3 Å². The minimum absolute atomic E-state index is 0.118. The molecule has 0 bridgehead atoms. The Morgan fingerprint density at radius 1 is 0.867 bits per heavy atom. The summed E-state index contributed by atoms with van der Waals surface area (Å²) in [4.78, 5) is 21.2. The highest BCUT2D eigenvalue weighted by Gasteiger charge is 2.08. The number of carbonyl (C=O) groups is 1. The molecule has 0 unspecified atom stereocenters. The van der Waals surface area contributed by atoms with Gasteiger partial charge >= 0.3 is 0 Å². The second kappa shape index (κ2) is 9.01. The van der Waals surface area contributed by atoms with Gasteiger partial charge in [0.05, 0.1) is 5.69 Å². The average Bonchev–Trinajstić information content (AvgIpc) is 2.78. The van der Waals surface area contributed by atoms with Gasteiger partial charge in [-0.05, 0) is 30.7 Å². The third-order valence-corrected chi connectivity index (χ3v) is 4.67. The van der Waals surface area contributed by atoms with E-state index in [-0.39, 0.29) is 5.91 Å². The summed E-state index contributed by atoms with van der Waals surface area (Å²) < 4.78 is 0. The molecule has 3 aromatic carbocycles. The highest BCUT2D eigenvalue weighted by atomic mass is 16.1. The fraction of sp³-hybridized carbons (Fsp3) is 0.0800. The van der Waals surface area contributed by atoms with E-state index in [4.69, 9.17) is 0 Å². The topological polar surface area (TPSA) is 66.9 Å². The van der Waals surface area contributed by atoms with Crippen molar-refractivity contribution in [3.8, 4) is 11.3 Å². The van der Waals surface area contributed by atoms with E-state index in [0.29, 0.717) is 17.9 Å². The van der Waals surface area contributed by atoms with Gasteiger partial charge in [-0.15, -0.1) is 0 Å². The van der Waals surface area contributed by atoms with Crippen LogP contribution in [0, 0.1) is 6.92 Å². The largest absolute Gasteiger partial charge is 0.348 e. The number of amides is 1. The lowest BCUT2D eigenvalue weighted by molar-refractivity contribution is 0.0951. The van der Waals surface area contributed by atoms with Crippen LogP contribution in [-0.2, 0) is 6.54 Å². The minimum Gasteiger partial charge on any atom is -0.348 e. The van der Waals surface area contributed by atoms with E-state index in [2.05, 4.69) is 26.7 Å². The predicted octanol–water partition coefficient (Wildman–Crippen LogP) is 5.13. The van der Waals surface area contributed by atoms with E-state index < -0.39 is 0 Å². The molecule has 1 amide bonds. The Hall–Kier alpha value is -3.99. The van der Waals surface area contributed by atoms with E-state index in [1.54, 1.807) is 6.07 Å². The molecule has 1 aromatic heterocycles. The van der Waals surface area contributed by atoms with E-state index in [0.717, 1.165) is 22.5 Å². The number of nitrogens with one attached hydrogen (secondary N) is 2. The number of hydrogen-bond donors (Lipinski definition) is 2. The fourth-order valence-electron chi connectivity index (χ4n) is 3.19. The molecule has 1 heterocycles. The SMILES string of the molecule is Cc1cccc(CNC(=O)c2cccc(Nc3cc(-c4ccccc4)ncn3)c2)c1. The lowest BCUT2D eigenvalue weighted by Crippen LogP contribution is -2.22. The zero-order valence-electron chi connectivity index (χ0n) is 16.7. The van der Waals surface area contributed by atoms with Gasteiger partial charge in [-0.1, -0.05) is 66.2 Å². The molecule has 148 valence electrons. The summed E-state index contributed by atoms with van der Waals surface area (Å²) in [6.45, 7) is 2.53. The first-order valence-corrected chi connectivity index (χ1v) is 9.76. The van der Waals surface area contributed by atoms with Gasteiger partial charge in [0.2, 0.25) is 0 Å². The van der Waals surface area contributed by atoms with Crippen LogP contribution in [0.2, 0.25) is 0 Å². The van der Waals surface area contributed by atoms with Crippen LogP contribution < -0.4 is 10.6 Å². The number of aryl methyl sites for hydroxylation is 1. The maximum atomic E-state index is 12.6. The Balaban J connectivity index is 1.45. The van der Waals surface area contributed by atoms with Crippen molar-refractivity contribution in [3.63, 3.8) is 0 Å². The number of nitrogens with zero attached hydrogens (tertiary/aromatic N) is 2. The van der Waals surface area contributed by atoms with Crippen molar-refractivity contribution in [2.75, 3.05) is 5.32 Å². The Bertz CT molecular complexity index is 1160. The van der Waals surface area contributed by atoms with Crippen molar-refractivity contribution >= 4 is 17.4 Å². The van der Waals surface area contributed by atoms with Crippen molar-refractivity contribution in [2.45, 2.75) is 13.5 Å². The van der Waals surface area contributed by atoms with Crippen molar-refractivity contribution in [1.29, 1.82) is 0 Å². The summed E-state index contributed by atoms with van der Waals surface area (Å²) in [5.74, 6) is 0.550. The summed E-state index contributed by atoms with van der Waals surface area (Å²) in [6, 6.07) is 27.3. The molecule has 0 fully saturated rings. The van der Waals surface area contributed by atoms with Crippen LogP contribution in [0.15, 0.2) is 91.3 Å². The van der Waals surface area contributed by atoms with Gasteiger partial charge in [-0.3, -0.25) is 4.79 Å². The average molecular weight is 394 g/mol. The van der Waals surface area contributed by atoms with Gasteiger partial charge in [0.25, 0.3) is 5.91 Å². The maximum absolute atomic E-state index is 12.6. The Labute approximate surface area is 175 Å². The molecule has 0 radical (unpaired) electrons. The monoisotopic (exact) mass is 394 g/mol. The van der Waals surface area contributed by atoms with Gasteiger partial charge in [-0.25, -0.2) is 9.97 Å². The first-order valence-electron chi connectivity index (χ1n) is 9.76. The van der Waals surface area contributed by atoms with Gasteiger partial charge in [0.1, 0.15) is 12.1 Å². The normalized spacial score (nSPS) is 10.4. The van der Waals surface area contributed by atoms with Gasteiger partial charge in [0, 0.05) is 29.4 Å². The number of benzene rings is 3. The smallest absolute Gasteiger partial charge is 0.251 e. The van der Waals surface area contributed by atoms with E-state index in [1.807, 2.05) is 79.7 Å². The summed E-state index contributed by atoms with van der Waals surface area (Å²) in [5, 5.41) is 6.23. The van der Waals surface area contributed by atoms with E-state index in [1.165, 1.54) is 11.9 Å². The highest BCUT2D eigenvalue weighted by Crippen LogP contribution is 2.21. The highest BCUT2D eigenvalue weighted by molar-refractivity contribution is 5.95. The molecule has 0 saturated carbocycles. The molecule has 0 aliphatic rings. The molecule has 0 aliphatic carbocycles. The predicted molar refractivity (Wildman–Crippen MR) is 120 cm³/mol. The van der Waals surface area contributed by atoms with Crippen LogP contribution in [0.5, 0.6) is 0 Å². The van der Waals surface area contributed by atoms with Crippen LogP contribution in [0.1, 0.15) is 21.5 Å². The maximum Gasteiger partial charge on any atom is 0.251 e. The Kier molecular flexibility index (Phi) is 5.80. The third-order valence-electron chi connectivity index (χ3n) is 4.67. The number of hydrogen-bond acceptors (Lipinski definition) is 4. The number of rotatable bonds is 6. The zero-order valence-corrected chi connectivity index (χ0v) is 16.7. The first kappa shape index (κ1) is 19.3. The molecule has 4 rings (SSSR count). The molecular weight excluding hydrogens is 372 g/mol. The molecule has 30 heavy (non-hydrogen) atoms. The Morgan fingerprint density at radius 3 is 2.53 bits per heavy atom. The molecule has 4 aromatic rings. The molecule has 0 saturated heterocycles. The molecule has 5 nitrogen and oxygen atoms in total. The van der Waals surface area contributed by atoms with Crippen LogP contribution in [-0.4, -0.2) is 15.9 Å². The molecule has 0 aliphatic heterocycles. The second-order valence-corrected chi connectivity index (χ2v) is 7.03. The van der Waals surface area contributed by atoms with Crippen molar-refractivity contribution < 1.29 is 4.79 Å². The second-order valence-electron chi connectivity index (χ2n) is 7.03. The lowest BCUT2D eigenvalue weighted by atomic mass is 10.1. The number of anilines is 2. The summed E-state index contributed by atoms with van der Waals surface area (Å²) >= 11 is 0. The summed E-state index contributed by atoms with van der Waals surface area (Å²) in [6.07, 6.45) is 1.53. The fourth-order valence-corrected chi connectivity index (χ4v) is 3.19. The van der Waals surface area contributed by atoms with Crippen molar-refractivity contribution in [2.24, 2.45) is 0 Å². The van der Waals surface area contributed by atoms with E-state index in [9.17, 15) is 4.79 Å². The molecule has 0 spiro atoms. The Morgan fingerprint density at radius 2 is 1.70 bits per heavy atom. The van der Waals surface area contributed by atoms with Crippen LogP contribution in [0.3, 0.4) is 0 Å². The van der Waals surface area contributed by atoms with Crippen LogP contribution >= 0.6 is 0 Å². The lowest BCUT2D eigenvalue weighted by Gasteiger charge is -2.10. The van der Waals surface area contributed by atoms with Gasteiger partial charge in [-0.2, -0.15) is 0 Å². The first-order chi connectivity index (χ1) is 14.7. The van der Waals surface area contributed by atoms with Crippen LogP contribution in [0.4, 0.5) is 11.5 Å². The quantitative estimate of drug-likeness (QED) is 0.476. The summed E-state index contributed by atoms with van der Waals surface area (Å²) in [5.41, 5.74) is 5.48. The van der Waals surface area contributed by atoms with Crippen molar-refractivity contribution in [1.82, 2.24) is 15.3 Å². The molecule has 2 N–H and O–H groups in total.